The number of nitriles is 1. The summed E-state index contributed by atoms with van der Waals surface area (Å²) in [5, 5.41) is 19.8. The molecule has 2 N–H and O–H groups in total. The monoisotopic (exact) mass is 407 g/mol. The first-order valence-electron chi connectivity index (χ1n) is 8.49. The summed E-state index contributed by atoms with van der Waals surface area (Å²) >= 11 is 0. The van der Waals surface area contributed by atoms with E-state index in [9.17, 15) is 18.9 Å². The number of anilines is 1. The Balaban J connectivity index is 1.83. The molecule has 4 rings (SSSR count). The number of nitrogens with two attached hydrogens (primary N) is 1. The Morgan fingerprint density at radius 3 is 2.73 bits per heavy atom. The minimum atomic E-state index is -0.768. The van der Waals surface area contributed by atoms with Crippen molar-refractivity contribution in [2.45, 2.75) is 6.54 Å². The van der Waals surface area contributed by atoms with E-state index in [1.54, 1.807) is 6.07 Å². The van der Waals surface area contributed by atoms with Gasteiger partial charge in [0.1, 0.15) is 28.9 Å². The number of non-ortho nitro benzene ring substituents is 1. The van der Waals surface area contributed by atoms with Gasteiger partial charge in [-0.3, -0.25) is 10.1 Å². The number of hydrogen-bond acceptors (Lipinski definition) is 7. The molecule has 0 unspecified atom stereocenters. The Bertz CT molecular complexity index is 1360. The van der Waals surface area contributed by atoms with Gasteiger partial charge in [-0.2, -0.15) is 10.2 Å². The number of aromatic nitrogens is 4. The minimum absolute atomic E-state index is 0.0277. The fourth-order valence-corrected chi connectivity index (χ4v) is 3.03. The second kappa shape index (κ2) is 7.17. The molecule has 0 fully saturated rings. The summed E-state index contributed by atoms with van der Waals surface area (Å²) in [7, 11) is 0. The SMILES string of the molecule is N#Cc1cccc(-c2nc(N)nc3c2ncn3Cc2ccc([N+](=O)[O-])cc2F)c1F. The van der Waals surface area contributed by atoms with Gasteiger partial charge >= 0.3 is 0 Å². The maximum atomic E-state index is 14.7. The average molecular weight is 407 g/mol. The number of nitrogens with zero attached hydrogens (tertiary/aromatic N) is 6. The maximum Gasteiger partial charge on any atom is 0.272 e. The molecule has 0 aliphatic heterocycles. The van der Waals surface area contributed by atoms with Gasteiger partial charge in [0.25, 0.3) is 5.69 Å². The molecule has 2 heterocycles. The highest BCUT2D eigenvalue weighted by Crippen LogP contribution is 2.29. The van der Waals surface area contributed by atoms with Gasteiger partial charge in [0.15, 0.2) is 5.65 Å². The van der Waals surface area contributed by atoms with Crippen molar-refractivity contribution in [1.82, 2.24) is 19.5 Å². The molecule has 0 saturated heterocycles. The van der Waals surface area contributed by atoms with Crippen molar-refractivity contribution in [1.29, 1.82) is 5.26 Å². The van der Waals surface area contributed by atoms with E-state index in [1.807, 2.05) is 0 Å². The second-order valence-corrected chi connectivity index (χ2v) is 6.29. The van der Waals surface area contributed by atoms with Crippen molar-refractivity contribution in [2.24, 2.45) is 0 Å². The van der Waals surface area contributed by atoms with Crippen LogP contribution in [0.1, 0.15) is 11.1 Å². The van der Waals surface area contributed by atoms with E-state index in [2.05, 4.69) is 15.0 Å². The van der Waals surface area contributed by atoms with Gasteiger partial charge in [-0.15, -0.1) is 0 Å². The number of benzene rings is 2. The van der Waals surface area contributed by atoms with Gasteiger partial charge in [0.05, 0.1) is 29.4 Å². The van der Waals surface area contributed by atoms with Crippen molar-refractivity contribution in [3.05, 3.63) is 75.6 Å². The lowest BCUT2D eigenvalue weighted by Gasteiger charge is -2.08. The Labute approximate surface area is 167 Å². The molecular weight excluding hydrogens is 396 g/mol. The number of rotatable bonds is 4. The quantitative estimate of drug-likeness (QED) is 0.405. The summed E-state index contributed by atoms with van der Waals surface area (Å²) in [6, 6.07) is 9.34. The van der Waals surface area contributed by atoms with Crippen LogP contribution < -0.4 is 5.73 Å². The molecular formula is C19H11F2N7O2. The van der Waals surface area contributed by atoms with Crippen molar-refractivity contribution in [3.63, 3.8) is 0 Å². The second-order valence-electron chi connectivity index (χ2n) is 6.29. The molecule has 30 heavy (non-hydrogen) atoms. The van der Waals surface area contributed by atoms with E-state index in [1.165, 1.54) is 41.2 Å². The third kappa shape index (κ3) is 3.16. The number of halogens is 2. The molecule has 0 amide bonds. The molecule has 4 aromatic rings. The zero-order valence-corrected chi connectivity index (χ0v) is 15.1. The van der Waals surface area contributed by atoms with E-state index in [0.29, 0.717) is 0 Å². The predicted octanol–water partition coefficient (Wildman–Crippen LogP) is 3.18. The molecule has 0 saturated carbocycles. The van der Waals surface area contributed by atoms with Crippen molar-refractivity contribution >= 4 is 22.8 Å². The lowest BCUT2D eigenvalue weighted by molar-refractivity contribution is -0.385. The van der Waals surface area contributed by atoms with Gasteiger partial charge in [-0.25, -0.2) is 18.7 Å². The van der Waals surface area contributed by atoms with Crippen LogP contribution in [0.4, 0.5) is 20.4 Å². The van der Waals surface area contributed by atoms with E-state index >= 15 is 0 Å². The lowest BCUT2D eigenvalue weighted by Crippen LogP contribution is -2.05. The topological polar surface area (TPSA) is 137 Å². The predicted molar refractivity (Wildman–Crippen MR) is 102 cm³/mol. The highest BCUT2D eigenvalue weighted by molar-refractivity contribution is 5.88. The molecule has 0 radical (unpaired) electrons. The third-order valence-electron chi connectivity index (χ3n) is 4.44. The zero-order chi connectivity index (χ0) is 21.4. The standard InChI is InChI=1S/C19H11F2N7O2/c20-14-6-12(28(29)30)5-4-11(14)8-27-9-24-17-16(25-19(23)26-18(17)27)13-3-1-2-10(7-22)15(13)21/h1-6,9H,8H2,(H2,23,25,26). The minimum Gasteiger partial charge on any atom is -0.368 e. The first-order chi connectivity index (χ1) is 14.4. The fraction of sp³-hybridized carbons (Fsp3) is 0.0526. The number of nitrogen functional groups attached to an aromatic ring is 1. The summed E-state index contributed by atoms with van der Waals surface area (Å²) < 4.78 is 30.4. The largest absolute Gasteiger partial charge is 0.368 e. The van der Waals surface area contributed by atoms with Crippen LogP contribution in [0.25, 0.3) is 22.4 Å². The zero-order valence-electron chi connectivity index (χ0n) is 15.1. The van der Waals surface area contributed by atoms with Gasteiger partial charge in [0.2, 0.25) is 5.95 Å². The molecule has 0 atom stereocenters. The molecule has 0 spiro atoms. The molecule has 2 aromatic carbocycles. The summed E-state index contributed by atoms with van der Waals surface area (Å²) in [5.41, 5.74) is 5.97. The first kappa shape index (κ1) is 18.9. The first-order valence-corrected chi connectivity index (χ1v) is 8.49. The number of nitro benzene ring substituents is 1. The van der Waals surface area contributed by atoms with E-state index in [4.69, 9.17) is 11.0 Å². The Kier molecular flexibility index (Phi) is 4.51. The molecule has 0 aliphatic carbocycles. The van der Waals surface area contributed by atoms with Crippen LogP contribution in [-0.4, -0.2) is 24.4 Å². The Hall–Kier alpha value is -4.46. The van der Waals surface area contributed by atoms with E-state index < -0.39 is 16.6 Å². The molecule has 0 aliphatic rings. The van der Waals surface area contributed by atoms with Crippen molar-refractivity contribution in [3.8, 4) is 17.3 Å². The Morgan fingerprint density at radius 2 is 2.03 bits per heavy atom. The van der Waals surface area contributed by atoms with Gasteiger partial charge in [0, 0.05) is 17.2 Å². The number of fused-ring (bicyclic) bond motifs is 1. The highest BCUT2D eigenvalue weighted by atomic mass is 19.1. The summed E-state index contributed by atoms with van der Waals surface area (Å²) in [6.07, 6.45) is 1.36. The Morgan fingerprint density at radius 1 is 1.23 bits per heavy atom. The number of hydrogen-bond donors (Lipinski definition) is 1. The molecule has 148 valence electrons. The van der Waals surface area contributed by atoms with Gasteiger partial charge < -0.3 is 10.3 Å². The maximum absolute atomic E-state index is 14.7. The fourth-order valence-electron chi connectivity index (χ4n) is 3.03. The molecule has 2 aromatic heterocycles. The summed E-state index contributed by atoms with van der Waals surface area (Å²) in [6.45, 7) is -0.0447. The number of nitro groups is 1. The van der Waals surface area contributed by atoms with Crippen molar-refractivity contribution in [2.75, 3.05) is 5.73 Å². The van der Waals surface area contributed by atoms with Crippen LogP contribution >= 0.6 is 0 Å². The smallest absolute Gasteiger partial charge is 0.272 e. The normalized spacial score (nSPS) is 10.8. The van der Waals surface area contributed by atoms with Gasteiger partial charge in [-0.1, -0.05) is 6.07 Å². The lowest BCUT2D eigenvalue weighted by atomic mass is 10.1. The van der Waals surface area contributed by atoms with Crippen LogP contribution in [0.15, 0.2) is 42.7 Å². The van der Waals surface area contributed by atoms with Crippen molar-refractivity contribution < 1.29 is 13.7 Å². The number of imidazole rings is 1. The van der Waals surface area contributed by atoms with Gasteiger partial charge in [-0.05, 0) is 18.2 Å². The van der Waals surface area contributed by atoms with E-state index in [-0.39, 0.29) is 51.7 Å². The van der Waals surface area contributed by atoms with Crippen LogP contribution in [0.2, 0.25) is 0 Å². The van der Waals surface area contributed by atoms with Crippen LogP contribution in [0.3, 0.4) is 0 Å². The molecule has 11 heteroatoms. The third-order valence-corrected chi connectivity index (χ3v) is 4.44. The highest BCUT2D eigenvalue weighted by Gasteiger charge is 2.19. The van der Waals surface area contributed by atoms with Crippen LogP contribution in [0, 0.1) is 33.1 Å². The molecule has 0 bridgehead atoms. The summed E-state index contributed by atoms with van der Waals surface area (Å²) in [5.74, 6) is -1.69. The molecule has 9 nitrogen and oxygen atoms in total. The average Bonchev–Trinajstić information content (AvgIpc) is 3.11. The summed E-state index contributed by atoms with van der Waals surface area (Å²) in [4.78, 5) is 22.5. The van der Waals surface area contributed by atoms with Crippen LogP contribution in [-0.2, 0) is 6.54 Å². The van der Waals surface area contributed by atoms with E-state index in [0.717, 1.165) is 6.07 Å². The van der Waals surface area contributed by atoms with Crippen LogP contribution in [0.5, 0.6) is 0 Å².